The summed E-state index contributed by atoms with van der Waals surface area (Å²) in [6.45, 7) is 5.73. The Kier molecular flexibility index (Phi) is 4.36. The summed E-state index contributed by atoms with van der Waals surface area (Å²) in [5, 5.41) is 7.38. The van der Waals surface area contributed by atoms with Crippen molar-refractivity contribution in [3.05, 3.63) is 17.5 Å². The van der Waals surface area contributed by atoms with Crippen LogP contribution in [-0.2, 0) is 17.7 Å². The lowest BCUT2D eigenvalue weighted by Crippen LogP contribution is -2.27. The molecule has 90 valence electrons. The van der Waals surface area contributed by atoms with E-state index in [9.17, 15) is 0 Å². The van der Waals surface area contributed by atoms with E-state index in [0.717, 1.165) is 50.1 Å². The van der Waals surface area contributed by atoms with Crippen molar-refractivity contribution in [1.82, 2.24) is 10.5 Å². The van der Waals surface area contributed by atoms with Gasteiger partial charge in [-0.3, -0.25) is 0 Å². The van der Waals surface area contributed by atoms with Crippen molar-refractivity contribution in [2.45, 2.75) is 32.7 Å². The third-order valence-corrected chi connectivity index (χ3v) is 3.04. The van der Waals surface area contributed by atoms with E-state index in [1.165, 1.54) is 12.8 Å². The first-order valence-electron chi connectivity index (χ1n) is 6.11. The van der Waals surface area contributed by atoms with E-state index < -0.39 is 0 Å². The van der Waals surface area contributed by atoms with Crippen molar-refractivity contribution >= 4 is 0 Å². The van der Waals surface area contributed by atoms with E-state index in [0.29, 0.717) is 0 Å². The molecular formula is C12H20N2O2. The van der Waals surface area contributed by atoms with Crippen LogP contribution in [0.4, 0.5) is 0 Å². The van der Waals surface area contributed by atoms with Crippen molar-refractivity contribution in [3.8, 4) is 0 Å². The molecule has 0 amide bonds. The minimum absolute atomic E-state index is 0.752. The molecule has 4 heteroatoms. The van der Waals surface area contributed by atoms with E-state index in [1.807, 2.05) is 6.07 Å². The number of hydrogen-bond donors (Lipinski definition) is 1. The Bertz CT molecular complexity index is 306. The van der Waals surface area contributed by atoms with E-state index in [-0.39, 0.29) is 0 Å². The van der Waals surface area contributed by atoms with Gasteiger partial charge in [-0.2, -0.15) is 0 Å². The number of aromatic nitrogens is 1. The molecule has 0 atom stereocenters. The van der Waals surface area contributed by atoms with Crippen LogP contribution >= 0.6 is 0 Å². The van der Waals surface area contributed by atoms with E-state index in [2.05, 4.69) is 17.4 Å². The SMILES string of the molecule is CCc1cc(CNCC2CCOCC2)on1. The zero-order valence-electron chi connectivity index (χ0n) is 9.87. The number of ether oxygens (including phenoxy) is 1. The molecule has 2 heterocycles. The van der Waals surface area contributed by atoms with Crippen LogP contribution in [0.3, 0.4) is 0 Å². The van der Waals surface area contributed by atoms with Crippen LogP contribution in [0.2, 0.25) is 0 Å². The molecule has 0 bridgehead atoms. The number of hydrogen-bond acceptors (Lipinski definition) is 4. The third-order valence-electron chi connectivity index (χ3n) is 3.04. The molecule has 1 fully saturated rings. The summed E-state index contributed by atoms with van der Waals surface area (Å²) in [4.78, 5) is 0. The van der Waals surface area contributed by atoms with Gasteiger partial charge in [0.05, 0.1) is 12.2 Å². The highest BCUT2D eigenvalue weighted by molar-refractivity contribution is 5.04. The first-order valence-corrected chi connectivity index (χ1v) is 6.11. The zero-order chi connectivity index (χ0) is 11.2. The van der Waals surface area contributed by atoms with Crippen LogP contribution in [0.25, 0.3) is 0 Å². The fourth-order valence-corrected chi connectivity index (χ4v) is 1.96. The molecule has 0 radical (unpaired) electrons. The van der Waals surface area contributed by atoms with Gasteiger partial charge in [0.2, 0.25) is 0 Å². The standard InChI is InChI=1S/C12H20N2O2/c1-2-11-7-12(16-14-11)9-13-8-10-3-5-15-6-4-10/h7,10,13H,2-6,8-9H2,1H3. The van der Waals surface area contributed by atoms with Gasteiger partial charge >= 0.3 is 0 Å². The Morgan fingerprint density at radius 1 is 1.44 bits per heavy atom. The molecule has 1 aromatic rings. The number of rotatable bonds is 5. The summed E-state index contributed by atoms with van der Waals surface area (Å²) >= 11 is 0. The Morgan fingerprint density at radius 2 is 2.25 bits per heavy atom. The van der Waals surface area contributed by atoms with E-state index >= 15 is 0 Å². The maximum atomic E-state index is 5.33. The van der Waals surface area contributed by atoms with Crippen LogP contribution < -0.4 is 5.32 Å². The molecule has 1 aromatic heterocycles. The van der Waals surface area contributed by atoms with Gasteiger partial charge < -0.3 is 14.6 Å². The second-order valence-electron chi connectivity index (χ2n) is 4.32. The normalized spacial score (nSPS) is 17.8. The maximum absolute atomic E-state index is 5.33. The predicted octanol–water partition coefficient (Wildman–Crippen LogP) is 1.75. The molecule has 1 aliphatic rings. The Balaban J connectivity index is 1.66. The Hall–Kier alpha value is -0.870. The molecule has 1 N–H and O–H groups in total. The van der Waals surface area contributed by atoms with Gasteiger partial charge in [-0.25, -0.2) is 0 Å². The summed E-state index contributed by atoms with van der Waals surface area (Å²) in [7, 11) is 0. The molecule has 16 heavy (non-hydrogen) atoms. The van der Waals surface area contributed by atoms with Gasteiger partial charge in [-0.15, -0.1) is 0 Å². The summed E-state index contributed by atoms with van der Waals surface area (Å²) in [5.41, 5.74) is 1.03. The molecule has 1 saturated heterocycles. The summed E-state index contributed by atoms with van der Waals surface area (Å²) < 4.78 is 10.5. The number of nitrogens with one attached hydrogen (secondary N) is 1. The first kappa shape index (κ1) is 11.6. The van der Waals surface area contributed by atoms with Gasteiger partial charge in [0.25, 0.3) is 0 Å². The Labute approximate surface area is 96.3 Å². The second kappa shape index (κ2) is 6.01. The van der Waals surface area contributed by atoms with Crippen molar-refractivity contribution in [3.63, 3.8) is 0 Å². The molecule has 0 aromatic carbocycles. The highest BCUT2D eigenvalue weighted by Crippen LogP contribution is 2.13. The van der Waals surface area contributed by atoms with Crippen LogP contribution in [0.15, 0.2) is 10.6 Å². The fourth-order valence-electron chi connectivity index (χ4n) is 1.96. The molecule has 0 spiro atoms. The lowest BCUT2D eigenvalue weighted by molar-refractivity contribution is 0.0661. The number of aryl methyl sites for hydroxylation is 1. The lowest BCUT2D eigenvalue weighted by atomic mass is 10.0. The van der Waals surface area contributed by atoms with Crippen molar-refractivity contribution in [2.24, 2.45) is 5.92 Å². The van der Waals surface area contributed by atoms with Crippen LogP contribution in [-0.4, -0.2) is 24.9 Å². The van der Waals surface area contributed by atoms with E-state index in [4.69, 9.17) is 9.26 Å². The third kappa shape index (κ3) is 3.32. The predicted molar refractivity (Wildman–Crippen MR) is 61.1 cm³/mol. The minimum atomic E-state index is 0.752. The van der Waals surface area contributed by atoms with Crippen molar-refractivity contribution in [1.29, 1.82) is 0 Å². The smallest absolute Gasteiger partial charge is 0.150 e. The summed E-state index contributed by atoms with van der Waals surface area (Å²) in [6, 6.07) is 2.02. The fraction of sp³-hybridized carbons (Fsp3) is 0.750. The van der Waals surface area contributed by atoms with Gasteiger partial charge in [-0.1, -0.05) is 12.1 Å². The molecular weight excluding hydrogens is 204 g/mol. The molecule has 0 unspecified atom stereocenters. The maximum Gasteiger partial charge on any atom is 0.150 e. The molecule has 1 aliphatic heterocycles. The topological polar surface area (TPSA) is 47.3 Å². The molecule has 0 saturated carbocycles. The van der Waals surface area contributed by atoms with Crippen LogP contribution in [0, 0.1) is 5.92 Å². The van der Waals surface area contributed by atoms with Crippen molar-refractivity contribution < 1.29 is 9.26 Å². The van der Waals surface area contributed by atoms with Crippen LogP contribution in [0.5, 0.6) is 0 Å². The molecule has 4 nitrogen and oxygen atoms in total. The van der Waals surface area contributed by atoms with Gasteiger partial charge in [-0.05, 0) is 31.7 Å². The summed E-state index contributed by atoms with van der Waals surface area (Å²) in [6.07, 6.45) is 3.27. The van der Waals surface area contributed by atoms with E-state index in [1.54, 1.807) is 0 Å². The molecule has 2 rings (SSSR count). The average Bonchev–Trinajstić information content (AvgIpc) is 2.78. The van der Waals surface area contributed by atoms with Gasteiger partial charge in [0, 0.05) is 19.3 Å². The first-order chi connectivity index (χ1) is 7.88. The second-order valence-corrected chi connectivity index (χ2v) is 4.32. The summed E-state index contributed by atoms with van der Waals surface area (Å²) in [5.74, 6) is 1.69. The minimum Gasteiger partial charge on any atom is -0.381 e. The highest BCUT2D eigenvalue weighted by Gasteiger charge is 2.13. The average molecular weight is 224 g/mol. The van der Waals surface area contributed by atoms with Gasteiger partial charge in [0.1, 0.15) is 0 Å². The largest absolute Gasteiger partial charge is 0.381 e. The quantitative estimate of drug-likeness (QED) is 0.827. The molecule has 0 aliphatic carbocycles. The lowest BCUT2D eigenvalue weighted by Gasteiger charge is -2.21. The van der Waals surface area contributed by atoms with Crippen LogP contribution in [0.1, 0.15) is 31.2 Å². The van der Waals surface area contributed by atoms with Crippen molar-refractivity contribution in [2.75, 3.05) is 19.8 Å². The number of nitrogens with zero attached hydrogens (tertiary/aromatic N) is 1. The monoisotopic (exact) mass is 224 g/mol. The highest BCUT2D eigenvalue weighted by atomic mass is 16.5. The Morgan fingerprint density at radius 3 is 2.94 bits per heavy atom. The van der Waals surface area contributed by atoms with Gasteiger partial charge in [0.15, 0.2) is 5.76 Å². The zero-order valence-corrected chi connectivity index (χ0v) is 9.87.